The molecule has 0 fully saturated rings. The fraction of sp³-hybridized carbons (Fsp3) is 0. The summed E-state index contributed by atoms with van der Waals surface area (Å²) in [7, 11) is 0. The first-order chi connectivity index (χ1) is 16.0. The van der Waals surface area contributed by atoms with Crippen LogP contribution >= 0.6 is 0 Å². The molecular weight excluding hydrogens is 414 g/mol. The monoisotopic (exact) mass is 431 g/mol. The molecule has 0 radical (unpaired) electrons. The van der Waals surface area contributed by atoms with Gasteiger partial charge in [-0.05, 0) is 12.1 Å². The molecule has 1 heterocycles. The van der Waals surface area contributed by atoms with Crippen LogP contribution in [0.5, 0.6) is 0 Å². The molecule has 0 aliphatic carbocycles. The second kappa shape index (κ2) is 8.13. The third-order valence-electron chi connectivity index (χ3n) is 5.61. The Morgan fingerprint density at radius 1 is 0.424 bits per heavy atom. The van der Waals surface area contributed by atoms with Crippen LogP contribution in [0.1, 0.15) is 41.4 Å². The largest absolute Gasteiger partial charge is 0.354 e. The van der Waals surface area contributed by atoms with Crippen LogP contribution in [-0.2, 0) is 0 Å². The highest BCUT2D eigenvalue weighted by Crippen LogP contribution is 2.28. The maximum atomic E-state index is 12.7. The number of aromatic nitrogens is 1. The van der Waals surface area contributed by atoms with Crippen molar-refractivity contribution in [2.24, 2.45) is 0 Å². The molecule has 0 atom stereocenters. The van der Waals surface area contributed by atoms with Gasteiger partial charge in [-0.3, -0.25) is 19.2 Å². The first-order valence-corrected chi connectivity index (χ1v) is 10.4. The van der Waals surface area contributed by atoms with E-state index in [9.17, 15) is 19.2 Å². The number of ketones is 4. The zero-order valence-corrected chi connectivity index (χ0v) is 17.4. The first-order valence-electron chi connectivity index (χ1n) is 10.4. The van der Waals surface area contributed by atoms with Crippen molar-refractivity contribution < 1.29 is 19.2 Å². The summed E-state index contributed by atoms with van der Waals surface area (Å²) in [6.07, 6.45) is 0. The minimum Gasteiger partial charge on any atom is -0.354 e. The van der Waals surface area contributed by atoms with E-state index in [0.717, 1.165) is 10.8 Å². The van der Waals surface area contributed by atoms with Crippen molar-refractivity contribution in [2.45, 2.75) is 0 Å². The van der Waals surface area contributed by atoms with Crippen LogP contribution in [0.3, 0.4) is 0 Å². The lowest BCUT2D eigenvalue weighted by Crippen LogP contribution is -2.14. The maximum absolute atomic E-state index is 12.7. The minimum atomic E-state index is -0.592. The van der Waals surface area contributed by atoms with Crippen molar-refractivity contribution in [3.63, 3.8) is 0 Å². The maximum Gasteiger partial charge on any atom is 0.233 e. The predicted molar refractivity (Wildman–Crippen MR) is 126 cm³/mol. The predicted octanol–water partition coefficient (Wildman–Crippen LogP) is 5.45. The highest BCUT2D eigenvalue weighted by atomic mass is 16.2. The summed E-state index contributed by atoms with van der Waals surface area (Å²) in [6, 6.07) is 26.9. The Balaban J connectivity index is 1.49. The second-order valence-corrected chi connectivity index (χ2v) is 7.69. The molecule has 4 aromatic carbocycles. The Morgan fingerprint density at radius 3 is 1.18 bits per heavy atom. The number of fused-ring (bicyclic) bond motifs is 3. The Morgan fingerprint density at radius 2 is 0.788 bits per heavy atom. The molecule has 0 aliphatic rings. The van der Waals surface area contributed by atoms with E-state index in [0.29, 0.717) is 22.2 Å². The molecule has 0 aliphatic heterocycles. The third kappa shape index (κ3) is 3.66. The van der Waals surface area contributed by atoms with Crippen LogP contribution in [0.2, 0.25) is 0 Å². The summed E-state index contributed by atoms with van der Waals surface area (Å²) in [5.74, 6) is -2.33. The summed E-state index contributed by atoms with van der Waals surface area (Å²) in [6.45, 7) is 0. The zero-order chi connectivity index (χ0) is 22.9. The Bertz CT molecular complexity index is 1450. The number of benzene rings is 4. The number of hydrogen-bond donors (Lipinski definition) is 1. The lowest BCUT2D eigenvalue weighted by Gasteiger charge is -2.02. The number of nitrogens with one attached hydrogen (secondary N) is 1. The van der Waals surface area contributed by atoms with Crippen LogP contribution in [0.15, 0.2) is 97.1 Å². The van der Waals surface area contributed by atoms with Crippen LogP contribution in [0.25, 0.3) is 21.8 Å². The van der Waals surface area contributed by atoms with Gasteiger partial charge in [0.25, 0.3) is 0 Å². The topological polar surface area (TPSA) is 84.1 Å². The molecule has 0 bridgehead atoms. The minimum absolute atomic E-state index is 0.276. The lowest BCUT2D eigenvalue weighted by molar-refractivity contribution is 0.0817. The van der Waals surface area contributed by atoms with E-state index in [1.807, 2.05) is 0 Å². The van der Waals surface area contributed by atoms with Crippen LogP contribution in [0, 0.1) is 0 Å². The molecule has 5 nitrogen and oxygen atoms in total. The highest BCUT2D eigenvalue weighted by molar-refractivity contribution is 6.50. The molecule has 33 heavy (non-hydrogen) atoms. The van der Waals surface area contributed by atoms with E-state index in [2.05, 4.69) is 4.98 Å². The highest BCUT2D eigenvalue weighted by Gasteiger charge is 2.21. The van der Waals surface area contributed by atoms with Gasteiger partial charge in [0.2, 0.25) is 23.1 Å². The zero-order valence-electron chi connectivity index (χ0n) is 17.4. The number of Topliss-reactive ketones (excluding diaryl/α,β-unsaturated/α-hetero) is 4. The Kier molecular flexibility index (Phi) is 4.99. The van der Waals surface area contributed by atoms with Crippen molar-refractivity contribution in [3.05, 3.63) is 119 Å². The lowest BCUT2D eigenvalue weighted by atomic mass is 9.99. The van der Waals surface area contributed by atoms with Gasteiger partial charge in [0, 0.05) is 44.1 Å². The quantitative estimate of drug-likeness (QED) is 0.286. The number of carbonyl (C=O) groups excluding carboxylic acids is 4. The fourth-order valence-electron chi connectivity index (χ4n) is 3.90. The van der Waals surface area contributed by atoms with E-state index in [1.54, 1.807) is 97.1 Å². The molecule has 0 unspecified atom stereocenters. The summed E-state index contributed by atoms with van der Waals surface area (Å²) in [4.78, 5) is 53.7. The summed E-state index contributed by atoms with van der Waals surface area (Å²) in [5, 5.41) is 1.70. The van der Waals surface area contributed by atoms with Gasteiger partial charge >= 0.3 is 0 Å². The Labute approximate surface area is 188 Å². The average molecular weight is 431 g/mol. The van der Waals surface area contributed by atoms with Crippen LogP contribution in [-0.4, -0.2) is 28.1 Å². The second-order valence-electron chi connectivity index (χ2n) is 7.69. The molecule has 5 aromatic rings. The van der Waals surface area contributed by atoms with Gasteiger partial charge < -0.3 is 4.98 Å². The van der Waals surface area contributed by atoms with Crippen LogP contribution < -0.4 is 0 Å². The van der Waals surface area contributed by atoms with Gasteiger partial charge in [0.05, 0.1) is 0 Å². The molecule has 0 saturated carbocycles. The number of carbonyl (C=O) groups is 4. The molecule has 1 aromatic heterocycles. The molecule has 0 saturated heterocycles. The third-order valence-corrected chi connectivity index (χ3v) is 5.61. The molecular formula is C28H17NO4. The van der Waals surface area contributed by atoms with Gasteiger partial charge in [-0.15, -0.1) is 0 Å². The summed E-state index contributed by atoms with van der Waals surface area (Å²) >= 11 is 0. The number of rotatable bonds is 6. The summed E-state index contributed by atoms with van der Waals surface area (Å²) in [5.41, 5.74) is 2.55. The molecule has 0 spiro atoms. The van der Waals surface area contributed by atoms with E-state index in [4.69, 9.17) is 0 Å². The first kappa shape index (κ1) is 20.3. The van der Waals surface area contributed by atoms with Crippen molar-refractivity contribution in [1.29, 1.82) is 0 Å². The fourth-order valence-corrected chi connectivity index (χ4v) is 3.90. The molecule has 1 N–H and O–H groups in total. The van der Waals surface area contributed by atoms with E-state index >= 15 is 0 Å². The van der Waals surface area contributed by atoms with Gasteiger partial charge in [-0.25, -0.2) is 0 Å². The molecule has 0 amide bonds. The van der Waals surface area contributed by atoms with Gasteiger partial charge in [0.1, 0.15) is 0 Å². The van der Waals surface area contributed by atoms with E-state index < -0.39 is 23.1 Å². The normalized spacial score (nSPS) is 10.9. The van der Waals surface area contributed by atoms with Crippen molar-refractivity contribution in [1.82, 2.24) is 4.98 Å². The average Bonchev–Trinajstić information content (AvgIpc) is 3.25. The standard InChI is InChI=1S/C28H17NO4/c30-25(17-7-3-1-4-8-17)27(32)19-11-13-21-22-14-12-20(16-24(22)29-23(21)15-19)28(33)26(31)18-9-5-2-6-10-18/h1-16,29H. The van der Waals surface area contributed by atoms with E-state index in [-0.39, 0.29) is 11.1 Å². The van der Waals surface area contributed by atoms with E-state index in [1.165, 1.54) is 0 Å². The van der Waals surface area contributed by atoms with Gasteiger partial charge in [-0.2, -0.15) is 0 Å². The SMILES string of the molecule is O=C(C(=O)c1ccc2c(c1)[nH]c1cc(C(=O)C(=O)c3ccccc3)ccc12)c1ccccc1. The molecule has 158 valence electrons. The summed E-state index contributed by atoms with van der Waals surface area (Å²) < 4.78 is 0. The van der Waals surface area contributed by atoms with Gasteiger partial charge in [0.15, 0.2) is 0 Å². The van der Waals surface area contributed by atoms with Crippen molar-refractivity contribution >= 4 is 44.9 Å². The van der Waals surface area contributed by atoms with Crippen LogP contribution in [0.4, 0.5) is 0 Å². The molecule has 5 heteroatoms. The molecule has 5 rings (SSSR count). The number of H-pyrrole nitrogens is 1. The van der Waals surface area contributed by atoms with Crippen molar-refractivity contribution in [3.8, 4) is 0 Å². The number of hydrogen-bond acceptors (Lipinski definition) is 4. The van der Waals surface area contributed by atoms with Gasteiger partial charge in [-0.1, -0.05) is 84.9 Å². The van der Waals surface area contributed by atoms with Crippen molar-refractivity contribution in [2.75, 3.05) is 0 Å². The smallest absolute Gasteiger partial charge is 0.233 e. The Hall–Kier alpha value is -4.64. The number of aromatic amines is 1.